The van der Waals surface area contributed by atoms with Gasteiger partial charge in [-0.15, -0.1) is 0 Å². The minimum atomic E-state index is -0.0937. The van der Waals surface area contributed by atoms with Crippen molar-refractivity contribution in [3.8, 4) is 0 Å². The largest absolute Gasteiger partial charge is 0.287 e. The molecule has 0 radical (unpaired) electrons. The number of halogens is 3. The number of aromatic nitrogens is 2. The fourth-order valence-corrected chi connectivity index (χ4v) is 2.75. The van der Waals surface area contributed by atoms with Gasteiger partial charge in [-0.05, 0) is 56.7 Å². The molecule has 0 aliphatic heterocycles. The van der Waals surface area contributed by atoms with Crippen LogP contribution in [0.4, 0.5) is 0 Å². The minimum Gasteiger partial charge on any atom is -0.287 e. The first-order chi connectivity index (χ1) is 8.00. The molecule has 3 nitrogen and oxygen atoms in total. The molecule has 2 aromatic rings. The summed E-state index contributed by atoms with van der Waals surface area (Å²) in [4.78, 5) is 12.4. The number of nitrogens with zero attached hydrogens (tertiary/aromatic N) is 2. The Morgan fingerprint density at radius 1 is 1.53 bits per heavy atom. The van der Waals surface area contributed by atoms with Gasteiger partial charge in [0.05, 0.1) is 10.7 Å². The van der Waals surface area contributed by atoms with Gasteiger partial charge in [0.2, 0.25) is 5.78 Å². The molecule has 0 bridgehead atoms. The lowest BCUT2D eigenvalue weighted by atomic mass is 10.1. The molecule has 0 unspecified atom stereocenters. The van der Waals surface area contributed by atoms with Crippen molar-refractivity contribution >= 4 is 55.9 Å². The van der Waals surface area contributed by atoms with Crippen molar-refractivity contribution in [2.24, 2.45) is 7.05 Å². The summed E-state index contributed by atoms with van der Waals surface area (Å²) in [6.07, 6.45) is 1.60. The molecule has 1 aromatic carbocycles. The van der Waals surface area contributed by atoms with Crippen LogP contribution in [0.5, 0.6) is 0 Å². The van der Waals surface area contributed by atoms with Crippen LogP contribution >= 0.6 is 50.1 Å². The molecule has 17 heavy (non-hydrogen) atoms. The Kier molecular flexibility index (Phi) is 3.89. The number of rotatable bonds is 2. The molecule has 2 rings (SSSR count). The van der Waals surface area contributed by atoms with E-state index in [0.29, 0.717) is 20.8 Å². The van der Waals surface area contributed by atoms with Gasteiger partial charge in [-0.25, -0.2) is 0 Å². The Morgan fingerprint density at radius 2 is 2.24 bits per heavy atom. The summed E-state index contributed by atoms with van der Waals surface area (Å²) >= 11 is 11.3. The number of hydrogen-bond acceptors (Lipinski definition) is 2. The normalized spacial score (nSPS) is 10.6. The maximum Gasteiger partial charge on any atom is 0.213 e. The third kappa shape index (κ3) is 2.56. The summed E-state index contributed by atoms with van der Waals surface area (Å²) in [5.41, 5.74) is 1.10. The molecule has 88 valence electrons. The van der Waals surface area contributed by atoms with Gasteiger partial charge in [-0.1, -0.05) is 11.6 Å². The molecule has 0 aliphatic rings. The lowest BCUT2D eigenvalue weighted by Crippen LogP contribution is -2.10. The van der Waals surface area contributed by atoms with Gasteiger partial charge < -0.3 is 0 Å². The number of benzene rings is 1. The van der Waals surface area contributed by atoms with Crippen LogP contribution in [0, 0.1) is 3.57 Å². The summed E-state index contributed by atoms with van der Waals surface area (Å²) in [6, 6.07) is 5.25. The highest BCUT2D eigenvalue weighted by Gasteiger charge is 2.19. The predicted molar refractivity (Wildman–Crippen MR) is 78.5 cm³/mol. The van der Waals surface area contributed by atoms with Crippen molar-refractivity contribution in [2.45, 2.75) is 0 Å². The SMILES string of the molecule is Cn1ncc(Br)c1C(=O)c1cc(Cl)ccc1I. The molecule has 1 aromatic heterocycles. The molecule has 0 saturated heterocycles. The Balaban J connectivity index is 2.55. The lowest BCUT2D eigenvalue weighted by molar-refractivity contribution is 0.102. The number of carbonyl (C=O) groups excluding carboxylic acids is 1. The van der Waals surface area contributed by atoms with Crippen molar-refractivity contribution in [3.63, 3.8) is 0 Å². The molecular weight excluding hydrogens is 418 g/mol. The molecular formula is C11H7BrClIN2O. The van der Waals surface area contributed by atoms with E-state index in [-0.39, 0.29) is 5.78 Å². The van der Waals surface area contributed by atoms with E-state index in [9.17, 15) is 4.79 Å². The summed E-state index contributed by atoms with van der Waals surface area (Å²) in [5.74, 6) is -0.0937. The molecule has 1 heterocycles. The summed E-state index contributed by atoms with van der Waals surface area (Å²) in [6.45, 7) is 0. The van der Waals surface area contributed by atoms with Crippen LogP contribution in [0.1, 0.15) is 16.1 Å². The van der Waals surface area contributed by atoms with Gasteiger partial charge in [0.1, 0.15) is 5.69 Å². The third-order valence-electron chi connectivity index (χ3n) is 2.28. The molecule has 0 fully saturated rings. The average molecular weight is 425 g/mol. The smallest absolute Gasteiger partial charge is 0.213 e. The summed E-state index contributed by atoms with van der Waals surface area (Å²) < 4.78 is 3.09. The van der Waals surface area contributed by atoms with Crippen molar-refractivity contribution < 1.29 is 4.79 Å². The lowest BCUT2D eigenvalue weighted by Gasteiger charge is -2.05. The molecule has 0 amide bonds. The van der Waals surface area contributed by atoms with Crippen molar-refractivity contribution in [1.29, 1.82) is 0 Å². The van der Waals surface area contributed by atoms with E-state index in [2.05, 4.69) is 43.6 Å². The van der Waals surface area contributed by atoms with Gasteiger partial charge in [-0.3, -0.25) is 9.48 Å². The van der Waals surface area contributed by atoms with Gasteiger partial charge in [0, 0.05) is 21.2 Å². The second-order valence-corrected chi connectivity index (χ2v) is 5.87. The first kappa shape index (κ1) is 13.0. The molecule has 0 spiro atoms. The maximum absolute atomic E-state index is 12.4. The fourth-order valence-electron chi connectivity index (χ4n) is 1.47. The third-order valence-corrected chi connectivity index (χ3v) is 4.04. The molecule has 0 N–H and O–H groups in total. The van der Waals surface area contributed by atoms with Crippen LogP contribution < -0.4 is 0 Å². The first-order valence-electron chi connectivity index (χ1n) is 4.68. The second-order valence-electron chi connectivity index (χ2n) is 3.42. The molecule has 0 aliphatic carbocycles. The van der Waals surface area contributed by atoms with Crippen LogP contribution in [-0.4, -0.2) is 15.6 Å². The van der Waals surface area contributed by atoms with Crippen molar-refractivity contribution in [1.82, 2.24) is 9.78 Å². The van der Waals surface area contributed by atoms with Crippen LogP contribution in [0.3, 0.4) is 0 Å². The van der Waals surface area contributed by atoms with Crippen molar-refractivity contribution in [2.75, 3.05) is 0 Å². The fraction of sp³-hybridized carbons (Fsp3) is 0.0909. The van der Waals surface area contributed by atoms with E-state index in [4.69, 9.17) is 11.6 Å². The Hall–Kier alpha value is -0.400. The number of carbonyl (C=O) groups is 1. The Morgan fingerprint density at radius 3 is 2.82 bits per heavy atom. The highest BCUT2D eigenvalue weighted by molar-refractivity contribution is 14.1. The Bertz CT molecular complexity index is 578. The van der Waals surface area contributed by atoms with E-state index >= 15 is 0 Å². The van der Waals surface area contributed by atoms with Crippen LogP contribution in [0.2, 0.25) is 5.02 Å². The zero-order chi connectivity index (χ0) is 12.6. The van der Waals surface area contributed by atoms with Gasteiger partial charge in [0.25, 0.3) is 0 Å². The standard InChI is InChI=1S/C11H7BrClIN2O/c1-16-10(8(12)5-15-16)11(17)7-4-6(13)2-3-9(7)14/h2-5H,1H3. The summed E-state index contributed by atoms with van der Waals surface area (Å²) in [7, 11) is 1.73. The van der Waals surface area contributed by atoms with Crippen LogP contribution in [-0.2, 0) is 7.05 Å². The van der Waals surface area contributed by atoms with Crippen molar-refractivity contribution in [3.05, 3.63) is 48.7 Å². The topological polar surface area (TPSA) is 34.9 Å². The Labute approximate surface area is 125 Å². The average Bonchev–Trinajstić information content (AvgIpc) is 2.61. The number of hydrogen-bond donors (Lipinski definition) is 0. The first-order valence-corrected chi connectivity index (χ1v) is 6.93. The van der Waals surface area contributed by atoms with E-state index < -0.39 is 0 Å². The summed E-state index contributed by atoms with van der Waals surface area (Å²) in [5, 5.41) is 4.58. The van der Waals surface area contributed by atoms with E-state index in [1.807, 2.05) is 6.07 Å². The van der Waals surface area contributed by atoms with Gasteiger partial charge in [-0.2, -0.15) is 5.10 Å². The number of aryl methyl sites for hydroxylation is 1. The van der Waals surface area contributed by atoms with Crippen LogP contribution in [0.25, 0.3) is 0 Å². The predicted octanol–water partition coefficient (Wildman–Crippen LogP) is 3.67. The highest BCUT2D eigenvalue weighted by atomic mass is 127. The van der Waals surface area contributed by atoms with E-state index in [1.54, 1.807) is 30.1 Å². The molecule has 0 saturated carbocycles. The van der Waals surface area contributed by atoms with E-state index in [0.717, 1.165) is 3.57 Å². The van der Waals surface area contributed by atoms with Crippen LogP contribution in [0.15, 0.2) is 28.9 Å². The second kappa shape index (κ2) is 5.07. The van der Waals surface area contributed by atoms with E-state index in [1.165, 1.54) is 0 Å². The van der Waals surface area contributed by atoms with Gasteiger partial charge >= 0.3 is 0 Å². The molecule has 0 atom stereocenters. The quantitative estimate of drug-likeness (QED) is 0.544. The number of ketones is 1. The zero-order valence-electron chi connectivity index (χ0n) is 8.75. The van der Waals surface area contributed by atoms with Gasteiger partial charge in [0.15, 0.2) is 0 Å². The minimum absolute atomic E-state index is 0.0937. The molecule has 6 heteroatoms. The zero-order valence-corrected chi connectivity index (χ0v) is 13.2. The highest BCUT2D eigenvalue weighted by Crippen LogP contribution is 2.24. The maximum atomic E-state index is 12.4. The monoisotopic (exact) mass is 424 g/mol.